The molecule has 4 aromatic rings. The summed E-state index contributed by atoms with van der Waals surface area (Å²) in [5.41, 5.74) is 2.85. The molecular formula is C24H26N2S. The van der Waals surface area contributed by atoms with E-state index >= 15 is 0 Å². The molecule has 4 rings (SSSR count). The first-order valence-corrected chi connectivity index (χ1v) is 10.7. The maximum absolute atomic E-state index is 4.18. The van der Waals surface area contributed by atoms with Gasteiger partial charge in [-0.2, -0.15) is 0 Å². The zero-order valence-corrected chi connectivity index (χ0v) is 16.6. The van der Waals surface area contributed by atoms with Crippen LogP contribution >= 0.6 is 11.3 Å². The third kappa shape index (κ3) is 4.55. The molecule has 138 valence electrons. The summed E-state index contributed by atoms with van der Waals surface area (Å²) in [5, 5.41) is 9.92. The van der Waals surface area contributed by atoms with Gasteiger partial charge in [-0.1, -0.05) is 36.8 Å². The fourth-order valence-electron chi connectivity index (χ4n) is 3.63. The van der Waals surface area contributed by atoms with Gasteiger partial charge in [0.1, 0.15) is 0 Å². The summed E-state index contributed by atoms with van der Waals surface area (Å²) in [5.74, 6) is 0. The first-order valence-electron chi connectivity index (χ1n) is 9.81. The average molecular weight is 375 g/mol. The molecule has 2 nitrogen and oxygen atoms in total. The summed E-state index contributed by atoms with van der Waals surface area (Å²) in [4.78, 5) is 4.18. The van der Waals surface area contributed by atoms with Gasteiger partial charge in [0.05, 0.1) is 0 Å². The molecule has 0 amide bonds. The number of unbranched alkanes of at least 4 members (excludes halogenated alkanes) is 1. The maximum atomic E-state index is 4.18. The van der Waals surface area contributed by atoms with E-state index in [0.29, 0.717) is 6.04 Å². The van der Waals surface area contributed by atoms with E-state index in [1.807, 2.05) is 23.7 Å². The van der Waals surface area contributed by atoms with Crippen molar-refractivity contribution in [3.05, 3.63) is 77.4 Å². The molecule has 0 spiro atoms. The number of pyridine rings is 1. The summed E-state index contributed by atoms with van der Waals surface area (Å²) >= 11 is 1.87. The van der Waals surface area contributed by atoms with E-state index in [-0.39, 0.29) is 0 Å². The van der Waals surface area contributed by atoms with E-state index < -0.39 is 0 Å². The molecule has 3 heteroatoms. The SMILES string of the molecule is C[C@H](CCCCc1csc2ccccc12)NCc1ccc2cnccc2c1. The fraction of sp³-hybridized carbons (Fsp3) is 0.292. The Morgan fingerprint density at radius 3 is 2.93 bits per heavy atom. The van der Waals surface area contributed by atoms with Gasteiger partial charge in [0.2, 0.25) is 0 Å². The van der Waals surface area contributed by atoms with Crippen molar-refractivity contribution in [3.8, 4) is 0 Å². The standard InChI is InChI=1S/C24H26N2S/c1-18(26-15-19-10-11-21-16-25-13-12-20(21)14-19)6-2-3-7-22-17-27-24-9-5-4-8-23(22)24/h4-5,8-14,16-18,26H,2-3,6-7,15H2,1H3/t18-/m1/s1. The van der Waals surface area contributed by atoms with Gasteiger partial charge in [0.15, 0.2) is 0 Å². The zero-order valence-electron chi connectivity index (χ0n) is 15.8. The number of hydrogen-bond acceptors (Lipinski definition) is 3. The van der Waals surface area contributed by atoms with Crippen LogP contribution in [0.1, 0.15) is 37.3 Å². The van der Waals surface area contributed by atoms with Gasteiger partial charge in [-0.25, -0.2) is 0 Å². The number of thiophene rings is 1. The van der Waals surface area contributed by atoms with Crippen molar-refractivity contribution in [3.63, 3.8) is 0 Å². The first-order chi connectivity index (χ1) is 13.3. The third-order valence-corrected chi connectivity index (χ3v) is 6.27. The van der Waals surface area contributed by atoms with Crippen molar-refractivity contribution in [2.45, 2.75) is 45.2 Å². The molecule has 0 fully saturated rings. The summed E-state index contributed by atoms with van der Waals surface area (Å²) in [6.07, 6.45) is 8.72. The maximum Gasteiger partial charge on any atom is 0.0346 e. The van der Waals surface area contributed by atoms with Crippen LogP contribution in [0.4, 0.5) is 0 Å². The Bertz CT molecular complexity index is 1020. The number of aryl methyl sites for hydroxylation is 1. The normalized spacial score (nSPS) is 12.6. The van der Waals surface area contributed by atoms with Gasteiger partial charge < -0.3 is 5.32 Å². The molecule has 0 aliphatic rings. The van der Waals surface area contributed by atoms with Crippen molar-refractivity contribution in [2.24, 2.45) is 0 Å². The second-order valence-electron chi connectivity index (χ2n) is 7.34. The Balaban J connectivity index is 1.22. The van der Waals surface area contributed by atoms with Crippen LogP contribution in [0.2, 0.25) is 0 Å². The molecule has 0 aliphatic heterocycles. The molecule has 2 aromatic heterocycles. The molecule has 0 bridgehead atoms. The van der Waals surface area contributed by atoms with E-state index in [0.717, 1.165) is 6.54 Å². The molecule has 1 N–H and O–H groups in total. The van der Waals surface area contributed by atoms with Crippen LogP contribution in [0.5, 0.6) is 0 Å². The Morgan fingerprint density at radius 2 is 1.96 bits per heavy atom. The summed E-state index contributed by atoms with van der Waals surface area (Å²) in [6, 6.07) is 18.0. The second kappa shape index (κ2) is 8.64. The largest absolute Gasteiger partial charge is 0.310 e. The lowest BCUT2D eigenvalue weighted by molar-refractivity contribution is 0.489. The fourth-order valence-corrected chi connectivity index (χ4v) is 4.63. The average Bonchev–Trinajstić information content (AvgIpc) is 3.13. The molecule has 27 heavy (non-hydrogen) atoms. The topological polar surface area (TPSA) is 24.9 Å². The number of fused-ring (bicyclic) bond motifs is 2. The van der Waals surface area contributed by atoms with Crippen LogP contribution in [0, 0.1) is 0 Å². The minimum Gasteiger partial charge on any atom is -0.310 e. The molecule has 0 radical (unpaired) electrons. The van der Waals surface area contributed by atoms with Gasteiger partial charge >= 0.3 is 0 Å². The van der Waals surface area contributed by atoms with Crippen molar-refractivity contribution in [2.75, 3.05) is 0 Å². The molecule has 0 unspecified atom stereocenters. The van der Waals surface area contributed by atoms with Crippen LogP contribution in [0.3, 0.4) is 0 Å². The van der Waals surface area contributed by atoms with Crippen LogP contribution in [-0.4, -0.2) is 11.0 Å². The summed E-state index contributed by atoms with van der Waals surface area (Å²) in [7, 11) is 0. The second-order valence-corrected chi connectivity index (χ2v) is 8.25. The van der Waals surface area contributed by atoms with Crippen molar-refractivity contribution >= 4 is 32.2 Å². The van der Waals surface area contributed by atoms with Crippen molar-refractivity contribution in [1.29, 1.82) is 0 Å². The molecule has 0 saturated heterocycles. The highest BCUT2D eigenvalue weighted by Gasteiger charge is 2.05. The molecule has 1 atom stereocenters. The first kappa shape index (κ1) is 18.1. The van der Waals surface area contributed by atoms with Crippen LogP contribution in [-0.2, 0) is 13.0 Å². The number of rotatable bonds is 8. The Labute approximate surface area is 165 Å². The van der Waals surface area contributed by atoms with E-state index in [1.165, 1.54) is 57.7 Å². The van der Waals surface area contributed by atoms with Gasteiger partial charge in [0, 0.05) is 35.1 Å². The minimum absolute atomic E-state index is 0.539. The van der Waals surface area contributed by atoms with E-state index in [1.54, 1.807) is 0 Å². The Kier molecular flexibility index (Phi) is 5.81. The van der Waals surface area contributed by atoms with Gasteiger partial charge in [-0.3, -0.25) is 4.98 Å². The molecule has 2 aromatic carbocycles. The monoisotopic (exact) mass is 374 g/mol. The highest BCUT2D eigenvalue weighted by atomic mass is 32.1. The Morgan fingerprint density at radius 1 is 1.04 bits per heavy atom. The lowest BCUT2D eigenvalue weighted by atomic mass is 10.0. The van der Waals surface area contributed by atoms with Gasteiger partial charge in [0.25, 0.3) is 0 Å². The predicted molar refractivity (Wildman–Crippen MR) is 117 cm³/mol. The quantitative estimate of drug-likeness (QED) is 0.364. The highest BCUT2D eigenvalue weighted by Crippen LogP contribution is 2.27. The van der Waals surface area contributed by atoms with E-state index in [9.17, 15) is 0 Å². The van der Waals surface area contributed by atoms with Crippen molar-refractivity contribution < 1.29 is 0 Å². The van der Waals surface area contributed by atoms with Crippen LogP contribution in [0.25, 0.3) is 20.9 Å². The van der Waals surface area contributed by atoms with Crippen LogP contribution in [0.15, 0.2) is 66.3 Å². The van der Waals surface area contributed by atoms with Crippen LogP contribution < -0.4 is 5.32 Å². The number of nitrogens with one attached hydrogen (secondary N) is 1. The van der Waals surface area contributed by atoms with Gasteiger partial charge in [-0.15, -0.1) is 11.3 Å². The molecule has 0 saturated carbocycles. The van der Waals surface area contributed by atoms with Gasteiger partial charge in [-0.05, 0) is 71.7 Å². The van der Waals surface area contributed by atoms with E-state index in [2.05, 4.69) is 71.1 Å². The zero-order chi connectivity index (χ0) is 18.5. The minimum atomic E-state index is 0.539. The highest BCUT2D eigenvalue weighted by molar-refractivity contribution is 7.17. The summed E-state index contributed by atoms with van der Waals surface area (Å²) in [6.45, 7) is 3.22. The lowest BCUT2D eigenvalue weighted by Gasteiger charge is -2.14. The smallest absolute Gasteiger partial charge is 0.0346 e. The lowest BCUT2D eigenvalue weighted by Crippen LogP contribution is -2.25. The number of benzene rings is 2. The molecular weight excluding hydrogens is 348 g/mol. The molecule has 0 aliphatic carbocycles. The van der Waals surface area contributed by atoms with E-state index in [4.69, 9.17) is 0 Å². The number of nitrogens with zero attached hydrogens (tertiary/aromatic N) is 1. The predicted octanol–water partition coefficient (Wildman–Crippen LogP) is 6.34. The van der Waals surface area contributed by atoms with Crippen molar-refractivity contribution in [1.82, 2.24) is 10.3 Å². The number of aromatic nitrogens is 1. The number of hydrogen-bond donors (Lipinski definition) is 1. The Hall–Kier alpha value is -2.23. The molecule has 2 heterocycles. The summed E-state index contributed by atoms with van der Waals surface area (Å²) < 4.78 is 1.41. The third-order valence-electron chi connectivity index (χ3n) is 5.25.